The van der Waals surface area contributed by atoms with Gasteiger partial charge in [0, 0.05) is 18.8 Å². The number of halogens is 2. The molecular formula is C19H17ClFN3O. The Morgan fingerprint density at radius 3 is 2.56 bits per heavy atom. The maximum absolute atomic E-state index is 13.9. The number of piperidine rings is 1. The van der Waals surface area contributed by atoms with E-state index in [9.17, 15) is 9.18 Å². The molecule has 1 heterocycles. The van der Waals surface area contributed by atoms with Crippen molar-refractivity contribution in [3.05, 3.63) is 58.4 Å². The molecule has 0 saturated carbocycles. The molecule has 0 aliphatic carbocycles. The van der Waals surface area contributed by atoms with Crippen LogP contribution in [0.2, 0.25) is 5.02 Å². The minimum absolute atomic E-state index is 0.116. The van der Waals surface area contributed by atoms with Crippen LogP contribution >= 0.6 is 11.6 Å². The molecule has 4 nitrogen and oxygen atoms in total. The summed E-state index contributed by atoms with van der Waals surface area (Å²) in [6.07, 6.45) is 3.53. The molecule has 0 unspecified atom stereocenters. The van der Waals surface area contributed by atoms with Crippen LogP contribution in [-0.2, 0) is 0 Å². The molecule has 2 aromatic rings. The van der Waals surface area contributed by atoms with Crippen LogP contribution < -0.4 is 10.2 Å². The molecule has 1 aliphatic rings. The molecule has 1 saturated heterocycles. The van der Waals surface area contributed by atoms with Gasteiger partial charge in [-0.15, -0.1) is 0 Å². The van der Waals surface area contributed by atoms with Gasteiger partial charge in [-0.1, -0.05) is 11.6 Å². The molecular weight excluding hydrogens is 341 g/mol. The van der Waals surface area contributed by atoms with Crippen molar-refractivity contribution in [3.8, 4) is 6.07 Å². The zero-order valence-electron chi connectivity index (χ0n) is 13.6. The van der Waals surface area contributed by atoms with Crippen molar-refractivity contribution < 1.29 is 9.18 Å². The average Bonchev–Trinajstić information content (AvgIpc) is 2.62. The van der Waals surface area contributed by atoms with E-state index in [0.717, 1.165) is 37.7 Å². The van der Waals surface area contributed by atoms with E-state index >= 15 is 0 Å². The van der Waals surface area contributed by atoms with Crippen LogP contribution in [0, 0.1) is 17.1 Å². The highest BCUT2D eigenvalue weighted by molar-refractivity contribution is 6.33. The van der Waals surface area contributed by atoms with Crippen molar-refractivity contribution in [2.45, 2.75) is 19.3 Å². The predicted molar refractivity (Wildman–Crippen MR) is 96.6 cm³/mol. The molecule has 3 rings (SSSR count). The number of benzene rings is 2. The lowest BCUT2D eigenvalue weighted by Crippen LogP contribution is -2.29. The van der Waals surface area contributed by atoms with Crippen molar-refractivity contribution in [1.29, 1.82) is 5.26 Å². The first-order chi connectivity index (χ1) is 12.1. The number of anilines is 2. The van der Waals surface area contributed by atoms with Crippen LogP contribution in [0.15, 0.2) is 36.4 Å². The van der Waals surface area contributed by atoms with Gasteiger partial charge >= 0.3 is 0 Å². The first kappa shape index (κ1) is 17.2. The minimum Gasteiger partial charge on any atom is -0.370 e. The molecule has 1 amide bonds. The number of carbonyl (C=O) groups is 1. The lowest BCUT2D eigenvalue weighted by atomic mass is 10.1. The van der Waals surface area contributed by atoms with Gasteiger partial charge in [-0.2, -0.15) is 5.26 Å². The Kier molecular flexibility index (Phi) is 5.20. The van der Waals surface area contributed by atoms with E-state index in [-0.39, 0.29) is 11.1 Å². The fraction of sp³-hybridized carbons (Fsp3) is 0.263. The van der Waals surface area contributed by atoms with Crippen LogP contribution in [0.4, 0.5) is 15.8 Å². The second kappa shape index (κ2) is 7.54. The number of amides is 1. The largest absolute Gasteiger partial charge is 0.370 e. The highest BCUT2D eigenvalue weighted by atomic mass is 35.5. The van der Waals surface area contributed by atoms with E-state index in [4.69, 9.17) is 16.9 Å². The number of hydrogen-bond acceptors (Lipinski definition) is 3. The van der Waals surface area contributed by atoms with Gasteiger partial charge in [-0.05, 0) is 55.7 Å². The number of nitriles is 1. The summed E-state index contributed by atoms with van der Waals surface area (Å²) in [5.41, 5.74) is 1.50. The summed E-state index contributed by atoms with van der Waals surface area (Å²) in [6, 6.07) is 10.9. The number of nitrogens with zero attached hydrogens (tertiary/aromatic N) is 2. The third kappa shape index (κ3) is 3.92. The quantitative estimate of drug-likeness (QED) is 0.873. The molecule has 0 bridgehead atoms. The van der Waals surface area contributed by atoms with Gasteiger partial charge in [0.2, 0.25) is 0 Å². The van der Waals surface area contributed by atoms with E-state index in [0.29, 0.717) is 10.7 Å². The lowest BCUT2D eigenvalue weighted by molar-refractivity contribution is 0.102. The van der Waals surface area contributed by atoms with Crippen molar-refractivity contribution in [3.63, 3.8) is 0 Å². The average molecular weight is 358 g/mol. The molecule has 0 radical (unpaired) electrons. The number of carbonyl (C=O) groups excluding carboxylic acids is 1. The summed E-state index contributed by atoms with van der Waals surface area (Å²) in [5.74, 6) is -1.31. The Hall–Kier alpha value is -2.58. The monoisotopic (exact) mass is 357 g/mol. The summed E-state index contributed by atoms with van der Waals surface area (Å²) in [5, 5.41) is 12.0. The van der Waals surface area contributed by atoms with E-state index < -0.39 is 11.7 Å². The smallest absolute Gasteiger partial charge is 0.258 e. The van der Waals surface area contributed by atoms with Crippen molar-refractivity contribution >= 4 is 28.9 Å². The topological polar surface area (TPSA) is 56.1 Å². The molecule has 2 aromatic carbocycles. The minimum atomic E-state index is -0.729. The molecule has 0 spiro atoms. The van der Waals surface area contributed by atoms with Crippen LogP contribution in [0.5, 0.6) is 0 Å². The molecule has 25 heavy (non-hydrogen) atoms. The predicted octanol–water partition coefficient (Wildman–Crippen LogP) is 4.59. The van der Waals surface area contributed by atoms with Gasteiger partial charge in [0.25, 0.3) is 5.91 Å². The third-order valence-corrected chi connectivity index (χ3v) is 4.55. The van der Waals surface area contributed by atoms with Gasteiger partial charge in [0.05, 0.1) is 27.9 Å². The molecule has 0 atom stereocenters. The first-order valence-electron chi connectivity index (χ1n) is 8.14. The standard InChI is InChI=1S/C19H17ClFN3O/c20-16-11-14(5-7-18(16)24-8-2-1-3-9-24)23-19(25)15-6-4-13(12-22)10-17(15)21/h4-7,10-11H,1-3,8-9H2,(H,23,25). The van der Waals surface area contributed by atoms with Crippen LogP contribution in [0.25, 0.3) is 0 Å². The summed E-state index contributed by atoms with van der Waals surface area (Å²) >= 11 is 6.36. The normalized spacial score (nSPS) is 14.0. The van der Waals surface area contributed by atoms with Crippen molar-refractivity contribution in [2.75, 3.05) is 23.3 Å². The highest BCUT2D eigenvalue weighted by Gasteiger charge is 2.16. The third-order valence-electron chi connectivity index (χ3n) is 4.25. The molecule has 6 heteroatoms. The Bertz CT molecular complexity index is 841. The van der Waals surface area contributed by atoms with Gasteiger partial charge in [0.1, 0.15) is 5.82 Å². The fourth-order valence-electron chi connectivity index (χ4n) is 2.94. The Morgan fingerprint density at radius 2 is 1.92 bits per heavy atom. The van der Waals surface area contributed by atoms with Crippen LogP contribution in [-0.4, -0.2) is 19.0 Å². The molecule has 1 aliphatic heterocycles. The van der Waals surface area contributed by atoms with E-state index in [1.807, 2.05) is 12.1 Å². The molecule has 1 fully saturated rings. The first-order valence-corrected chi connectivity index (χ1v) is 8.52. The van der Waals surface area contributed by atoms with E-state index in [2.05, 4.69) is 10.2 Å². The van der Waals surface area contributed by atoms with Gasteiger partial charge in [-0.3, -0.25) is 4.79 Å². The molecule has 1 N–H and O–H groups in total. The summed E-state index contributed by atoms with van der Waals surface area (Å²) in [7, 11) is 0. The van der Waals surface area contributed by atoms with E-state index in [1.165, 1.54) is 18.6 Å². The van der Waals surface area contributed by atoms with Crippen molar-refractivity contribution in [2.24, 2.45) is 0 Å². The Labute approximate surface area is 150 Å². The van der Waals surface area contributed by atoms with Gasteiger partial charge < -0.3 is 10.2 Å². The zero-order valence-corrected chi connectivity index (χ0v) is 14.3. The SMILES string of the molecule is N#Cc1ccc(C(=O)Nc2ccc(N3CCCCC3)c(Cl)c2)c(F)c1. The van der Waals surface area contributed by atoms with Crippen molar-refractivity contribution in [1.82, 2.24) is 0 Å². The number of rotatable bonds is 3. The summed E-state index contributed by atoms with van der Waals surface area (Å²) in [6.45, 7) is 1.95. The summed E-state index contributed by atoms with van der Waals surface area (Å²) < 4.78 is 13.9. The number of nitrogens with one attached hydrogen (secondary N) is 1. The second-order valence-electron chi connectivity index (χ2n) is 5.97. The Balaban J connectivity index is 1.75. The van der Waals surface area contributed by atoms with Gasteiger partial charge in [0.15, 0.2) is 0 Å². The zero-order chi connectivity index (χ0) is 17.8. The summed E-state index contributed by atoms with van der Waals surface area (Å²) in [4.78, 5) is 14.5. The fourth-order valence-corrected chi connectivity index (χ4v) is 3.24. The van der Waals surface area contributed by atoms with Gasteiger partial charge in [-0.25, -0.2) is 4.39 Å². The Morgan fingerprint density at radius 1 is 1.16 bits per heavy atom. The second-order valence-corrected chi connectivity index (χ2v) is 6.38. The molecule has 0 aromatic heterocycles. The maximum atomic E-state index is 13.9. The van der Waals surface area contributed by atoms with Crippen LogP contribution in [0.1, 0.15) is 35.2 Å². The molecule has 128 valence electrons. The van der Waals surface area contributed by atoms with E-state index in [1.54, 1.807) is 12.1 Å². The highest BCUT2D eigenvalue weighted by Crippen LogP contribution is 2.31. The van der Waals surface area contributed by atoms with Crippen LogP contribution in [0.3, 0.4) is 0 Å². The lowest BCUT2D eigenvalue weighted by Gasteiger charge is -2.29. The maximum Gasteiger partial charge on any atom is 0.258 e. The number of hydrogen-bond donors (Lipinski definition) is 1.